The highest BCUT2D eigenvalue weighted by molar-refractivity contribution is 5.98. The third-order valence-corrected chi connectivity index (χ3v) is 4.46. The summed E-state index contributed by atoms with van der Waals surface area (Å²) in [5.74, 6) is -0.0959. The van der Waals surface area contributed by atoms with Crippen LogP contribution >= 0.6 is 0 Å². The lowest BCUT2D eigenvalue weighted by Gasteiger charge is -2.20. The molecule has 0 aliphatic rings. The van der Waals surface area contributed by atoms with E-state index in [4.69, 9.17) is 0 Å². The van der Waals surface area contributed by atoms with E-state index in [0.29, 0.717) is 5.56 Å². The summed E-state index contributed by atoms with van der Waals surface area (Å²) in [5.41, 5.74) is 2.69. The zero-order valence-electron chi connectivity index (χ0n) is 14.2. The molecule has 0 aliphatic carbocycles. The van der Waals surface area contributed by atoms with Crippen LogP contribution in [0.25, 0.3) is 10.8 Å². The molecular weight excluding hydrogens is 320 g/mol. The molecule has 0 aliphatic heterocycles. The minimum absolute atomic E-state index is 0.0959. The van der Waals surface area contributed by atoms with Crippen LogP contribution in [0.2, 0.25) is 0 Å². The summed E-state index contributed by atoms with van der Waals surface area (Å²) in [5, 5.41) is 5.34. The summed E-state index contributed by atoms with van der Waals surface area (Å²) in [7, 11) is 0. The first kappa shape index (κ1) is 16.0. The molecule has 1 aromatic heterocycles. The summed E-state index contributed by atoms with van der Waals surface area (Å²) in [4.78, 5) is 17.0. The number of rotatable bonds is 4. The lowest BCUT2D eigenvalue weighted by Crippen LogP contribution is -2.29. The normalized spacial score (nSPS) is 11.8. The molecule has 0 spiro atoms. The lowest BCUT2D eigenvalue weighted by molar-refractivity contribution is 0.0943. The van der Waals surface area contributed by atoms with Gasteiger partial charge < -0.3 is 5.32 Å². The number of benzene rings is 3. The SMILES string of the molecule is O=C(NC(c1ccccc1)c1ccncc1)c1ccc2ccccc2c1. The standard InChI is InChI=1S/C23H18N2O/c26-23(21-11-10-17-6-4-5-9-20(17)16-21)25-22(18-7-2-1-3-8-18)19-12-14-24-15-13-19/h1-16,22H,(H,25,26). The van der Waals surface area contributed by atoms with Crippen molar-refractivity contribution < 1.29 is 4.79 Å². The van der Waals surface area contributed by atoms with Gasteiger partial charge in [-0.1, -0.05) is 60.7 Å². The molecule has 4 aromatic rings. The van der Waals surface area contributed by atoms with Crippen molar-refractivity contribution in [3.63, 3.8) is 0 Å². The number of hydrogen-bond donors (Lipinski definition) is 1. The number of amides is 1. The molecule has 0 bridgehead atoms. The van der Waals surface area contributed by atoms with Crippen LogP contribution in [0.4, 0.5) is 0 Å². The van der Waals surface area contributed by atoms with E-state index in [0.717, 1.165) is 21.9 Å². The van der Waals surface area contributed by atoms with E-state index in [1.54, 1.807) is 12.4 Å². The number of carbonyl (C=O) groups is 1. The van der Waals surface area contributed by atoms with Gasteiger partial charge in [-0.05, 0) is 46.2 Å². The van der Waals surface area contributed by atoms with Gasteiger partial charge in [0.2, 0.25) is 0 Å². The van der Waals surface area contributed by atoms with Gasteiger partial charge in [-0.25, -0.2) is 0 Å². The molecule has 3 aromatic carbocycles. The Labute approximate surface area is 152 Å². The predicted molar refractivity (Wildman–Crippen MR) is 104 cm³/mol. The highest BCUT2D eigenvalue weighted by atomic mass is 16.1. The fraction of sp³-hybridized carbons (Fsp3) is 0.0435. The maximum absolute atomic E-state index is 12.9. The molecular formula is C23H18N2O. The van der Waals surface area contributed by atoms with Crippen molar-refractivity contribution in [1.82, 2.24) is 10.3 Å². The monoisotopic (exact) mass is 338 g/mol. The predicted octanol–water partition coefficient (Wildman–Crippen LogP) is 4.75. The first-order valence-electron chi connectivity index (χ1n) is 8.56. The molecule has 126 valence electrons. The number of nitrogens with zero attached hydrogens (tertiary/aromatic N) is 1. The Balaban J connectivity index is 1.67. The molecule has 26 heavy (non-hydrogen) atoms. The third kappa shape index (κ3) is 3.33. The minimum Gasteiger partial charge on any atom is -0.341 e. The Hall–Kier alpha value is -3.46. The van der Waals surface area contributed by atoms with E-state index in [9.17, 15) is 4.79 Å². The van der Waals surface area contributed by atoms with E-state index in [1.165, 1.54) is 0 Å². The summed E-state index contributed by atoms with van der Waals surface area (Å²) in [6.07, 6.45) is 3.49. The molecule has 1 heterocycles. The zero-order chi connectivity index (χ0) is 17.8. The fourth-order valence-electron chi connectivity index (χ4n) is 3.11. The highest BCUT2D eigenvalue weighted by Crippen LogP contribution is 2.23. The van der Waals surface area contributed by atoms with Gasteiger partial charge in [-0.3, -0.25) is 9.78 Å². The lowest BCUT2D eigenvalue weighted by atomic mass is 9.99. The van der Waals surface area contributed by atoms with E-state index < -0.39 is 0 Å². The van der Waals surface area contributed by atoms with Crippen molar-refractivity contribution in [2.75, 3.05) is 0 Å². The van der Waals surface area contributed by atoms with Crippen molar-refractivity contribution >= 4 is 16.7 Å². The fourth-order valence-corrected chi connectivity index (χ4v) is 3.11. The van der Waals surface area contributed by atoms with Gasteiger partial charge >= 0.3 is 0 Å². The maximum Gasteiger partial charge on any atom is 0.252 e. The summed E-state index contributed by atoms with van der Waals surface area (Å²) >= 11 is 0. The second-order valence-corrected chi connectivity index (χ2v) is 6.16. The maximum atomic E-state index is 12.9. The second-order valence-electron chi connectivity index (χ2n) is 6.16. The van der Waals surface area contributed by atoms with Gasteiger partial charge in [0.15, 0.2) is 0 Å². The minimum atomic E-state index is -0.224. The molecule has 3 heteroatoms. The van der Waals surface area contributed by atoms with E-state index in [2.05, 4.69) is 10.3 Å². The van der Waals surface area contributed by atoms with Crippen LogP contribution in [0.15, 0.2) is 97.3 Å². The van der Waals surface area contributed by atoms with Gasteiger partial charge in [0.1, 0.15) is 0 Å². The number of carbonyl (C=O) groups excluding carboxylic acids is 1. The summed E-state index contributed by atoms with van der Waals surface area (Å²) in [6, 6.07) is 27.4. The number of aromatic nitrogens is 1. The Bertz CT molecular complexity index is 990. The largest absolute Gasteiger partial charge is 0.341 e. The Morgan fingerprint density at radius 3 is 2.15 bits per heavy atom. The molecule has 1 atom stereocenters. The quantitative estimate of drug-likeness (QED) is 0.583. The molecule has 0 radical (unpaired) electrons. The van der Waals surface area contributed by atoms with Crippen molar-refractivity contribution in [2.24, 2.45) is 0 Å². The third-order valence-electron chi connectivity index (χ3n) is 4.46. The summed E-state index contributed by atoms with van der Waals surface area (Å²) < 4.78 is 0. The highest BCUT2D eigenvalue weighted by Gasteiger charge is 2.17. The van der Waals surface area contributed by atoms with Gasteiger partial charge in [0.05, 0.1) is 6.04 Å². The molecule has 0 fully saturated rings. The molecule has 3 nitrogen and oxygen atoms in total. The van der Waals surface area contributed by atoms with Crippen LogP contribution in [0.1, 0.15) is 27.5 Å². The molecule has 4 rings (SSSR count). The smallest absolute Gasteiger partial charge is 0.252 e. The molecule has 1 unspecified atom stereocenters. The van der Waals surface area contributed by atoms with Gasteiger partial charge in [0.25, 0.3) is 5.91 Å². The molecule has 1 amide bonds. The van der Waals surface area contributed by atoms with E-state index in [1.807, 2.05) is 84.9 Å². The van der Waals surface area contributed by atoms with Crippen LogP contribution in [0, 0.1) is 0 Å². The summed E-state index contributed by atoms with van der Waals surface area (Å²) in [6.45, 7) is 0. The first-order chi connectivity index (χ1) is 12.8. The zero-order valence-corrected chi connectivity index (χ0v) is 14.2. The van der Waals surface area contributed by atoms with Crippen LogP contribution < -0.4 is 5.32 Å². The van der Waals surface area contributed by atoms with Crippen LogP contribution in [-0.2, 0) is 0 Å². The van der Waals surface area contributed by atoms with Gasteiger partial charge in [-0.2, -0.15) is 0 Å². The van der Waals surface area contributed by atoms with Crippen LogP contribution in [0.5, 0.6) is 0 Å². The van der Waals surface area contributed by atoms with Crippen molar-refractivity contribution in [3.8, 4) is 0 Å². The molecule has 1 N–H and O–H groups in total. The average molecular weight is 338 g/mol. The van der Waals surface area contributed by atoms with E-state index >= 15 is 0 Å². The number of hydrogen-bond acceptors (Lipinski definition) is 2. The van der Waals surface area contributed by atoms with Crippen LogP contribution in [0.3, 0.4) is 0 Å². The second kappa shape index (κ2) is 7.19. The van der Waals surface area contributed by atoms with Crippen molar-refractivity contribution in [2.45, 2.75) is 6.04 Å². The number of pyridine rings is 1. The molecule has 0 saturated carbocycles. The van der Waals surface area contributed by atoms with Gasteiger partial charge in [-0.15, -0.1) is 0 Å². The first-order valence-corrected chi connectivity index (χ1v) is 8.56. The number of nitrogens with one attached hydrogen (secondary N) is 1. The van der Waals surface area contributed by atoms with E-state index in [-0.39, 0.29) is 11.9 Å². The van der Waals surface area contributed by atoms with Crippen LogP contribution in [-0.4, -0.2) is 10.9 Å². The van der Waals surface area contributed by atoms with Crippen molar-refractivity contribution in [1.29, 1.82) is 0 Å². The topological polar surface area (TPSA) is 42.0 Å². The Kier molecular flexibility index (Phi) is 4.44. The number of fused-ring (bicyclic) bond motifs is 1. The average Bonchev–Trinajstić information content (AvgIpc) is 2.72. The Morgan fingerprint density at radius 1 is 0.731 bits per heavy atom. The van der Waals surface area contributed by atoms with Crippen molar-refractivity contribution in [3.05, 3.63) is 114 Å². The van der Waals surface area contributed by atoms with Gasteiger partial charge in [0, 0.05) is 18.0 Å². The Morgan fingerprint density at radius 2 is 1.38 bits per heavy atom. The molecule has 0 saturated heterocycles.